The van der Waals surface area contributed by atoms with Gasteiger partial charge in [0.25, 0.3) is 5.91 Å². The molecule has 166 valence electrons. The molecule has 0 unspecified atom stereocenters. The summed E-state index contributed by atoms with van der Waals surface area (Å²) in [6, 6.07) is 18.6. The fourth-order valence-electron chi connectivity index (χ4n) is 3.02. The van der Waals surface area contributed by atoms with Crippen LogP contribution >= 0.6 is 23.2 Å². The molecule has 0 aromatic heterocycles. The van der Waals surface area contributed by atoms with Crippen molar-refractivity contribution in [2.45, 2.75) is 6.04 Å². The molecule has 0 saturated heterocycles. The summed E-state index contributed by atoms with van der Waals surface area (Å²) < 4.78 is 15.6. The van der Waals surface area contributed by atoms with Crippen LogP contribution < -0.4 is 14.8 Å². The van der Waals surface area contributed by atoms with Gasteiger partial charge in [-0.25, -0.2) is 4.79 Å². The van der Waals surface area contributed by atoms with E-state index >= 15 is 0 Å². The van der Waals surface area contributed by atoms with Crippen LogP contribution in [0.5, 0.6) is 11.5 Å². The maximum Gasteiger partial charge on any atom is 0.340 e. The van der Waals surface area contributed by atoms with E-state index in [0.717, 1.165) is 11.1 Å². The second-order valence-corrected chi connectivity index (χ2v) is 7.59. The maximum atomic E-state index is 12.6. The Morgan fingerprint density at radius 3 is 1.84 bits per heavy atom. The highest BCUT2D eigenvalue weighted by Crippen LogP contribution is 2.26. The SMILES string of the molecule is COc1ccc(C(NC(=O)COC(=O)c2ccc(Cl)cc2Cl)c2ccc(OC)cc2)cc1. The van der Waals surface area contributed by atoms with Gasteiger partial charge in [-0.2, -0.15) is 0 Å². The normalized spacial score (nSPS) is 10.5. The average Bonchev–Trinajstić information content (AvgIpc) is 2.81. The van der Waals surface area contributed by atoms with E-state index in [1.54, 1.807) is 38.5 Å². The highest BCUT2D eigenvalue weighted by molar-refractivity contribution is 6.36. The summed E-state index contributed by atoms with van der Waals surface area (Å²) in [5.41, 5.74) is 1.79. The van der Waals surface area contributed by atoms with Gasteiger partial charge in [-0.05, 0) is 53.6 Å². The van der Waals surface area contributed by atoms with E-state index in [-0.39, 0.29) is 10.6 Å². The molecule has 0 heterocycles. The van der Waals surface area contributed by atoms with Crippen LogP contribution in [-0.4, -0.2) is 32.7 Å². The van der Waals surface area contributed by atoms with Crippen molar-refractivity contribution in [3.63, 3.8) is 0 Å². The predicted octanol–water partition coefficient (Wildman–Crippen LogP) is 5.07. The Kier molecular flexibility index (Phi) is 7.98. The van der Waals surface area contributed by atoms with Gasteiger partial charge in [0.15, 0.2) is 6.61 Å². The molecule has 8 heteroatoms. The number of ether oxygens (including phenoxy) is 3. The first-order valence-electron chi connectivity index (χ1n) is 9.60. The van der Waals surface area contributed by atoms with Crippen molar-refractivity contribution >= 4 is 35.1 Å². The Bertz CT molecular complexity index is 1040. The van der Waals surface area contributed by atoms with Crippen molar-refractivity contribution in [3.05, 3.63) is 93.5 Å². The Hall–Kier alpha value is -3.22. The van der Waals surface area contributed by atoms with Gasteiger partial charge in [-0.3, -0.25) is 4.79 Å². The smallest absolute Gasteiger partial charge is 0.340 e. The summed E-state index contributed by atoms with van der Waals surface area (Å²) in [5, 5.41) is 3.45. The molecule has 1 amide bonds. The van der Waals surface area contributed by atoms with Crippen LogP contribution in [0.2, 0.25) is 10.0 Å². The highest BCUT2D eigenvalue weighted by atomic mass is 35.5. The zero-order valence-electron chi connectivity index (χ0n) is 17.4. The fraction of sp³-hybridized carbons (Fsp3) is 0.167. The fourth-order valence-corrected chi connectivity index (χ4v) is 3.50. The first-order chi connectivity index (χ1) is 15.4. The first-order valence-corrected chi connectivity index (χ1v) is 10.4. The van der Waals surface area contributed by atoms with Crippen LogP contribution in [0.15, 0.2) is 66.7 Å². The largest absolute Gasteiger partial charge is 0.497 e. The summed E-state index contributed by atoms with van der Waals surface area (Å²) in [6.07, 6.45) is 0. The molecule has 0 atom stereocenters. The number of nitrogens with one attached hydrogen (secondary N) is 1. The lowest BCUT2D eigenvalue weighted by Crippen LogP contribution is -2.33. The van der Waals surface area contributed by atoms with E-state index < -0.39 is 24.5 Å². The number of hydrogen-bond acceptors (Lipinski definition) is 5. The molecule has 6 nitrogen and oxygen atoms in total. The molecular formula is C24H21Cl2NO5. The second kappa shape index (κ2) is 10.9. The molecule has 3 aromatic carbocycles. The Morgan fingerprint density at radius 2 is 1.38 bits per heavy atom. The van der Waals surface area contributed by atoms with Crippen molar-refractivity contribution in [3.8, 4) is 11.5 Å². The minimum atomic E-state index is -0.715. The number of halogens is 2. The molecular weight excluding hydrogens is 453 g/mol. The van der Waals surface area contributed by atoms with Gasteiger partial charge in [0, 0.05) is 5.02 Å². The summed E-state index contributed by atoms with van der Waals surface area (Å²) in [7, 11) is 3.16. The molecule has 0 aliphatic rings. The molecule has 0 fully saturated rings. The summed E-state index contributed by atoms with van der Waals surface area (Å²) >= 11 is 11.9. The molecule has 3 rings (SSSR count). The average molecular weight is 474 g/mol. The molecule has 0 radical (unpaired) electrons. The Labute approximate surface area is 196 Å². The number of methoxy groups -OCH3 is 2. The molecule has 0 aliphatic carbocycles. The highest BCUT2D eigenvalue weighted by Gasteiger charge is 2.19. The van der Waals surface area contributed by atoms with E-state index in [0.29, 0.717) is 16.5 Å². The van der Waals surface area contributed by atoms with E-state index in [4.69, 9.17) is 37.4 Å². The minimum absolute atomic E-state index is 0.130. The van der Waals surface area contributed by atoms with Crippen LogP contribution in [0.1, 0.15) is 27.5 Å². The number of amides is 1. The maximum absolute atomic E-state index is 12.6. The van der Waals surface area contributed by atoms with E-state index in [1.165, 1.54) is 18.2 Å². The molecule has 3 aromatic rings. The topological polar surface area (TPSA) is 73.9 Å². The zero-order chi connectivity index (χ0) is 23.1. The van der Waals surface area contributed by atoms with Crippen molar-refractivity contribution in [2.24, 2.45) is 0 Å². The minimum Gasteiger partial charge on any atom is -0.497 e. The van der Waals surface area contributed by atoms with Gasteiger partial charge in [0.1, 0.15) is 11.5 Å². The van der Waals surface area contributed by atoms with Crippen LogP contribution in [-0.2, 0) is 9.53 Å². The van der Waals surface area contributed by atoms with Gasteiger partial charge in [-0.15, -0.1) is 0 Å². The lowest BCUT2D eigenvalue weighted by molar-refractivity contribution is -0.124. The lowest BCUT2D eigenvalue weighted by atomic mass is 9.98. The number of benzene rings is 3. The van der Waals surface area contributed by atoms with E-state index in [9.17, 15) is 9.59 Å². The molecule has 1 N–H and O–H groups in total. The third-order valence-corrected chi connectivity index (χ3v) is 5.24. The number of esters is 1. The van der Waals surface area contributed by atoms with Gasteiger partial charge in [0.2, 0.25) is 0 Å². The number of carbonyl (C=O) groups excluding carboxylic acids is 2. The standard InChI is InChI=1S/C24H21Cl2NO5/c1-30-18-8-3-15(4-9-18)23(16-5-10-19(31-2)11-6-16)27-22(28)14-32-24(29)20-12-7-17(25)13-21(20)26/h3-13,23H,14H2,1-2H3,(H,27,28). The van der Waals surface area contributed by atoms with Crippen LogP contribution in [0.25, 0.3) is 0 Å². The number of rotatable bonds is 8. The van der Waals surface area contributed by atoms with E-state index in [1.807, 2.05) is 24.3 Å². The van der Waals surface area contributed by atoms with Gasteiger partial charge < -0.3 is 19.5 Å². The van der Waals surface area contributed by atoms with Crippen LogP contribution in [0.3, 0.4) is 0 Å². The zero-order valence-corrected chi connectivity index (χ0v) is 18.9. The van der Waals surface area contributed by atoms with Gasteiger partial charge >= 0.3 is 5.97 Å². The van der Waals surface area contributed by atoms with E-state index in [2.05, 4.69) is 5.32 Å². The summed E-state index contributed by atoms with van der Waals surface area (Å²) in [6.45, 7) is -0.472. The van der Waals surface area contributed by atoms with Crippen molar-refractivity contribution in [1.29, 1.82) is 0 Å². The van der Waals surface area contributed by atoms with Crippen molar-refractivity contribution in [1.82, 2.24) is 5.32 Å². The Morgan fingerprint density at radius 1 is 0.844 bits per heavy atom. The van der Waals surface area contributed by atoms with Crippen LogP contribution in [0, 0.1) is 0 Å². The Balaban J connectivity index is 1.74. The second-order valence-electron chi connectivity index (χ2n) is 6.75. The monoisotopic (exact) mass is 473 g/mol. The quantitative estimate of drug-likeness (QED) is 0.462. The number of hydrogen-bond donors (Lipinski definition) is 1. The van der Waals surface area contributed by atoms with Gasteiger partial charge in [0.05, 0.1) is 30.8 Å². The molecule has 0 saturated carbocycles. The molecule has 0 aliphatic heterocycles. The molecule has 0 bridgehead atoms. The lowest BCUT2D eigenvalue weighted by Gasteiger charge is -2.20. The van der Waals surface area contributed by atoms with Crippen molar-refractivity contribution in [2.75, 3.05) is 20.8 Å². The molecule has 32 heavy (non-hydrogen) atoms. The van der Waals surface area contributed by atoms with Gasteiger partial charge in [-0.1, -0.05) is 47.5 Å². The third-order valence-electron chi connectivity index (χ3n) is 4.69. The molecule has 0 spiro atoms. The third kappa shape index (κ3) is 5.93. The predicted molar refractivity (Wildman–Crippen MR) is 123 cm³/mol. The van der Waals surface area contributed by atoms with Crippen LogP contribution in [0.4, 0.5) is 0 Å². The van der Waals surface area contributed by atoms with Crippen molar-refractivity contribution < 1.29 is 23.8 Å². The number of carbonyl (C=O) groups is 2. The summed E-state index contributed by atoms with van der Waals surface area (Å²) in [5.74, 6) is 0.206. The first kappa shape index (κ1) is 23.4. The summed E-state index contributed by atoms with van der Waals surface area (Å²) in [4.78, 5) is 24.9.